The number of H-pyrrole nitrogens is 1. The third kappa shape index (κ3) is 3.31. The quantitative estimate of drug-likeness (QED) is 0.855. The molecular formula is C17H21N3O3. The van der Waals surface area contributed by atoms with Crippen LogP contribution in [-0.2, 0) is 9.53 Å². The second-order valence-corrected chi connectivity index (χ2v) is 5.72. The number of carbonyl (C=O) groups is 2. The SMILES string of the molecule is CCOC(=O)[C@H]1CCCN(C(=O)Nc2c[nH]c3ccccc23)C1. The highest BCUT2D eigenvalue weighted by atomic mass is 16.5. The Bertz CT molecular complexity index is 710. The van der Waals surface area contributed by atoms with Gasteiger partial charge >= 0.3 is 12.0 Å². The standard InChI is InChI=1S/C17H21N3O3/c1-2-23-16(21)12-6-5-9-20(11-12)17(22)19-15-10-18-14-8-4-3-7-13(14)15/h3-4,7-8,10,12,18H,2,5-6,9,11H2,1H3,(H,19,22)/t12-/m0/s1. The van der Waals surface area contributed by atoms with Crippen LogP contribution >= 0.6 is 0 Å². The number of anilines is 1. The maximum Gasteiger partial charge on any atom is 0.321 e. The number of esters is 1. The highest BCUT2D eigenvalue weighted by Gasteiger charge is 2.29. The summed E-state index contributed by atoms with van der Waals surface area (Å²) in [5.74, 6) is -0.436. The number of para-hydroxylation sites is 1. The van der Waals surface area contributed by atoms with Crippen molar-refractivity contribution in [3.63, 3.8) is 0 Å². The number of nitrogens with zero attached hydrogens (tertiary/aromatic N) is 1. The predicted molar refractivity (Wildman–Crippen MR) is 88.2 cm³/mol. The highest BCUT2D eigenvalue weighted by Crippen LogP contribution is 2.24. The van der Waals surface area contributed by atoms with Crippen molar-refractivity contribution in [1.82, 2.24) is 9.88 Å². The maximum absolute atomic E-state index is 12.5. The summed E-state index contributed by atoms with van der Waals surface area (Å²) >= 11 is 0. The number of likely N-dealkylation sites (tertiary alicyclic amines) is 1. The first-order valence-electron chi connectivity index (χ1n) is 7.97. The van der Waals surface area contributed by atoms with E-state index >= 15 is 0 Å². The molecule has 122 valence electrons. The van der Waals surface area contributed by atoms with Crippen LogP contribution in [-0.4, -0.2) is 41.6 Å². The maximum atomic E-state index is 12.5. The Kier molecular flexibility index (Phi) is 4.50. The second-order valence-electron chi connectivity index (χ2n) is 5.72. The smallest absolute Gasteiger partial charge is 0.321 e. The second kappa shape index (κ2) is 6.73. The van der Waals surface area contributed by atoms with E-state index in [4.69, 9.17) is 4.74 Å². The normalized spacial score (nSPS) is 18.0. The van der Waals surface area contributed by atoms with E-state index in [-0.39, 0.29) is 17.9 Å². The molecule has 1 aromatic heterocycles. The minimum atomic E-state index is -0.225. The summed E-state index contributed by atoms with van der Waals surface area (Å²) in [6.45, 7) is 3.23. The Labute approximate surface area is 134 Å². The lowest BCUT2D eigenvalue weighted by Gasteiger charge is -2.31. The number of fused-ring (bicyclic) bond motifs is 1. The van der Waals surface area contributed by atoms with Gasteiger partial charge in [0.25, 0.3) is 0 Å². The molecule has 0 bridgehead atoms. The molecule has 0 radical (unpaired) electrons. The molecule has 2 N–H and O–H groups in total. The van der Waals surface area contributed by atoms with Crippen molar-refractivity contribution in [2.24, 2.45) is 5.92 Å². The van der Waals surface area contributed by atoms with Crippen molar-refractivity contribution in [3.05, 3.63) is 30.5 Å². The van der Waals surface area contributed by atoms with Gasteiger partial charge in [0.15, 0.2) is 0 Å². The molecule has 1 saturated heterocycles. The summed E-state index contributed by atoms with van der Waals surface area (Å²) in [4.78, 5) is 29.2. The number of nitrogens with one attached hydrogen (secondary N) is 2. The fraction of sp³-hybridized carbons (Fsp3) is 0.412. The van der Waals surface area contributed by atoms with Crippen molar-refractivity contribution in [2.75, 3.05) is 25.0 Å². The van der Waals surface area contributed by atoms with Gasteiger partial charge < -0.3 is 19.9 Å². The van der Waals surface area contributed by atoms with Gasteiger partial charge in [0.1, 0.15) is 0 Å². The van der Waals surface area contributed by atoms with Crippen LogP contribution in [0.25, 0.3) is 10.9 Å². The first-order chi connectivity index (χ1) is 11.2. The molecule has 3 rings (SSSR count). The average Bonchev–Trinajstić information content (AvgIpc) is 2.98. The summed E-state index contributed by atoms with van der Waals surface area (Å²) in [6.07, 6.45) is 3.37. The molecule has 6 heteroatoms. The highest BCUT2D eigenvalue weighted by molar-refractivity contribution is 6.01. The number of ether oxygens (including phenoxy) is 1. The molecule has 6 nitrogen and oxygen atoms in total. The van der Waals surface area contributed by atoms with E-state index in [1.54, 1.807) is 18.0 Å². The lowest BCUT2D eigenvalue weighted by molar-refractivity contribution is -0.149. The molecule has 2 heterocycles. The molecule has 1 fully saturated rings. The topological polar surface area (TPSA) is 74.4 Å². The van der Waals surface area contributed by atoms with E-state index in [1.807, 2.05) is 24.3 Å². The zero-order valence-corrected chi connectivity index (χ0v) is 13.2. The van der Waals surface area contributed by atoms with Crippen LogP contribution in [0.5, 0.6) is 0 Å². The summed E-state index contributed by atoms with van der Waals surface area (Å²) in [5, 5.41) is 3.90. The Balaban J connectivity index is 1.67. The largest absolute Gasteiger partial charge is 0.466 e. The lowest BCUT2D eigenvalue weighted by Crippen LogP contribution is -2.44. The van der Waals surface area contributed by atoms with Crippen LogP contribution in [0.4, 0.5) is 10.5 Å². The first-order valence-corrected chi connectivity index (χ1v) is 7.97. The van der Waals surface area contributed by atoms with E-state index in [1.165, 1.54) is 0 Å². The zero-order chi connectivity index (χ0) is 16.2. The van der Waals surface area contributed by atoms with Crippen LogP contribution < -0.4 is 5.32 Å². The minimum absolute atomic E-state index is 0.177. The van der Waals surface area contributed by atoms with Crippen molar-refractivity contribution in [2.45, 2.75) is 19.8 Å². The molecule has 1 atom stereocenters. The average molecular weight is 315 g/mol. The molecule has 2 aromatic rings. The fourth-order valence-electron chi connectivity index (χ4n) is 2.98. The molecule has 1 aliphatic heterocycles. The molecule has 1 aromatic carbocycles. The van der Waals surface area contributed by atoms with Crippen molar-refractivity contribution < 1.29 is 14.3 Å². The third-order valence-electron chi connectivity index (χ3n) is 4.16. The summed E-state index contributed by atoms with van der Waals surface area (Å²) in [6, 6.07) is 7.62. The van der Waals surface area contributed by atoms with Crippen LogP contribution in [0.2, 0.25) is 0 Å². The van der Waals surface area contributed by atoms with Gasteiger partial charge in [0.2, 0.25) is 0 Å². The minimum Gasteiger partial charge on any atom is -0.466 e. The van der Waals surface area contributed by atoms with Gasteiger partial charge in [-0.25, -0.2) is 4.79 Å². The number of aromatic nitrogens is 1. The van der Waals surface area contributed by atoms with Gasteiger partial charge in [-0.1, -0.05) is 18.2 Å². The van der Waals surface area contributed by atoms with Crippen LogP contribution in [0.1, 0.15) is 19.8 Å². The number of urea groups is 1. The number of amides is 2. The first kappa shape index (κ1) is 15.4. The number of hydrogen-bond acceptors (Lipinski definition) is 3. The van der Waals surface area contributed by atoms with Crippen LogP contribution in [0.15, 0.2) is 30.5 Å². The number of piperidine rings is 1. The zero-order valence-electron chi connectivity index (χ0n) is 13.2. The van der Waals surface area contributed by atoms with E-state index in [2.05, 4.69) is 10.3 Å². The van der Waals surface area contributed by atoms with Gasteiger partial charge in [-0.05, 0) is 25.8 Å². The number of benzene rings is 1. The van der Waals surface area contributed by atoms with E-state index in [0.717, 1.165) is 29.4 Å². The van der Waals surface area contributed by atoms with Crippen LogP contribution in [0.3, 0.4) is 0 Å². The van der Waals surface area contributed by atoms with Gasteiger partial charge in [-0.15, -0.1) is 0 Å². The molecule has 1 aliphatic rings. The van der Waals surface area contributed by atoms with Crippen molar-refractivity contribution in [1.29, 1.82) is 0 Å². The Morgan fingerprint density at radius 3 is 3.04 bits per heavy atom. The Morgan fingerprint density at radius 2 is 2.22 bits per heavy atom. The number of aromatic amines is 1. The number of hydrogen-bond donors (Lipinski definition) is 2. The fourth-order valence-corrected chi connectivity index (χ4v) is 2.98. The van der Waals surface area contributed by atoms with Gasteiger partial charge in [-0.3, -0.25) is 4.79 Å². The summed E-state index contributed by atoms with van der Waals surface area (Å²) < 4.78 is 5.07. The molecule has 0 aliphatic carbocycles. The molecule has 0 spiro atoms. The predicted octanol–water partition coefficient (Wildman–Crippen LogP) is 2.97. The van der Waals surface area contributed by atoms with Gasteiger partial charge in [-0.2, -0.15) is 0 Å². The van der Waals surface area contributed by atoms with Crippen molar-refractivity contribution >= 4 is 28.6 Å². The molecular weight excluding hydrogens is 294 g/mol. The molecule has 23 heavy (non-hydrogen) atoms. The molecule has 0 saturated carbocycles. The van der Waals surface area contributed by atoms with E-state index in [9.17, 15) is 9.59 Å². The number of carbonyl (C=O) groups excluding carboxylic acids is 2. The van der Waals surface area contributed by atoms with Gasteiger partial charge in [0.05, 0.1) is 18.2 Å². The third-order valence-corrected chi connectivity index (χ3v) is 4.16. The van der Waals surface area contributed by atoms with Crippen LogP contribution in [0, 0.1) is 5.92 Å². The number of rotatable bonds is 3. The lowest BCUT2D eigenvalue weighted by atomic mass is 9.98. The Morgan fingerprint density at radius 1 is 1.39 bits per heavy atom. The summed E-state index contributed by atoms with van der Waals surface area (Å²) in [7, 11) is 0. The molecule has 2 amide bonds. The summed E-state index contributed by atoms with van der Waals surface area (Å²) in [5.41, 5.74) is 1.73. The monoisotopic (exact) mass is 315 g/mol. The van der Waals surface area contributed by atoms with Crippen molar-refractivity contribution in [3.8, 4) is 0 Å². The van der Waals surface area contributed by atoms with E-state index < -0.39 is 0 Å². The van der Waals surface area contributed by atoms with E-state index in [0.29, 0.717) is 19.7 Å². The Hall–Kier alpha value is -2.50. The van der Waals surface area contributed by atoms with Gasteiger partial charge in [0, 0.05) is 30.2 Å². The molecule has 0 unspecified atom stereocenters.